The summed E-state index contributed by atoms with van der Waals surface area (Å²) in [4.78, 5) is 4.20. The molecule has 4 heteroatoms. The van der Waals surface area contributed by atoms with Gasteiger partial charge in [-0.25, -0.2) is 9.50 Å². The summed E-state index contributed by atoms with van der Waals surface area (Å²) in [5, 5.41) is 4.23. The van der Waals surface area contributed by atoms with Crippen LogP contribution in [0.25, 0.3) is 16.9 Å². The molecule has 3 rings (SSSR count). The maximum atomic E-state index is 5.77. The van der Waals surface area contributed by atoms with Gasteiger partial charge in [0.25, 0.3) is 0 Å². The molecule has 0 aliphatic heterocycles. The minimum absolute atomic E-state index is 0.506. The van der Waals surface area contributed by atoms with Crippen molar-refractivity contribution in [2.24, 2.45) is 0 Å². The predicted molar refractivity (Wildman–Crippen MR) is 62.8 cm³/mol. The first-order valence-corrected chi connectivity index (χ1v) is 5.00. The Morgan fingerprint density at radius 2 is 1.88 bits per heavy atom. The van der Waals surface area contributed by atoms with Crippen molar-refractivity contribution in [1.29, 1.82) is 0 Å². The number of aromatic nitrogens is 3. The smallest absolute Gasteiger partial charge is 0.158 e. The van der Waals surface area contributed by atoms with Gasteiger partial charge >= 0.3 is 0 Å². The Bertz CT molecular complexity index is 628. The summed E-state index contributed by atoms with van der Waals surface area (Å²) < 4.78 is 1.78. The molecule has 2 N–H and O–H groups in total. The Morgan fingerprint density at radius 3 is 2.69 bits per heavy atom. The Morgan fingerprint density at radius 1 is 1.06 bits per heavy atom. The Hall–Kier alpha value is -2.36. The van der Waals surface area contributed by atoms with E-state index in [-0.39, 0.29) is 0 Å². The topological polar surface area (TPSA) is 56.2 Å². The van der Waals surface area contributed by atoms with Gasteiger partial charge in [-0.1, -0.05) is 30.3 Å². The van der Waals surface area contributed by atoms with Gasteiger partial charge in [-0.3, -0.25) is 0 Å². The van der Waals surface area contributed by atoms with Crippen LogP contribution in [0.2, 0.25) is 0 Å². The number of nitrogen functional groups attached to an aromatic ring is 1. The van der Waals surface area contributed by atoms with Crippen molar-refractivity contribution >= 4 is 11.5 Å². The van der Waals surface area contributed by atoms with E-state index in [1.165, 1.54) is 0 Å². The zero-order valence-electron chi connectivity index (χ0n) is 8.54. The zero-order valence-corrected chi connectivity index (χ0v) is 8.54. The molecule has 0 aliphatic rings. The highest BCUT2D eigenvalue weighted by Crippen LogP contribution is 2.20. The van der Waals surface area contributed by atoms with E-state index in [0.29, 0.717) is 5.82 Å². The van der Waals surface area contributed by atoms with Gasteiger partial charge in [-0.15, -0.1) is 0 Å². The lowest BCUT2D eigenvalue weighted by Crippen LogP contribution is -1.99. The summed E-state index contributed by atoms with van der Waals surface area (Å²) in [6.07, 6.45) is 1.72. The normalized spacial score (nSPS) is 10.8. The van der Waals surface area contributed by atoms with Crippen molar-refractivity contribution in [3.63, 3.8) is 0 Å². The van der Waals surface area contributed by atoms with E-state index in [0.717, 1.165) is 16.9 Å². The number of fused-ring (bicyclic) bond motifs is 1. The highest BCUT2D eigenvalue weighted by atomic mass is 15.3. The van der Waals surface area contributed by atoms with Crippen molar-refractivity contribution in [1.82, 2.24) is 14.6 Å². The standard InChI is InChI=1S/C12H10N4/c13-11-8-10(9-4-2-1-3-5-9)16-12(15-11)6-7-14-16/h1-8H,(H2,13,15). The van der Waals surface area contributed by atoms with Crippen LogP contribution in [0.15, 0.2) is 48.7 Å². The van der Waals surface area contributed by atoms with Crippen LogP contribution in [0.3, 0.4) is 0 Å². The molecule has 0 spiro atoms. The van der Waals surface area contributed by atoms with E-state index in [2.05, 4.69) is 10.1 Å². The summed E-state index contributed by atoms with van der Waals surface area (Å²) in [5.74, 6) is 0.506. The van der Waals surface area contributed by atoms with Crippen LogP contribution in [0.5, 0.6) is 0 Å². The first kappa shape index (κ1) is 8.91. The van der Waals surface area contributed by atoms with E-state index in [9.17, 15) is 0 Å². The number of benzene rings is 1. The lowest BCUT2D eigenvalue weighted by molar-refractivity contribution is 0.950. The molecule has 0 radical (unpaired) electrons. The minimum Gasteiger partial charge on any atom is -0.384 e. The minimum atomic E-state index is 0.506. The quantitative estimate of drug-likeness (QED) is 0.668. The Balaban J connectivity index is 2.34. The molecule has 0 saturated heterocycles. The highest BCUT2D eigenvalue weighted by Gasteiger charge is 2.06. The fourth-order valence-electron chi connectivity index (χ4n) is 1.75. The van der Waals surface area contributed by atoms with Crippen LogP contribution in [0.4, 0.5) is 5.82 Å². The lowest BCUT2D eigenvalue weighted by Gasteiger charge is -2.05. The van der Waals surface area contributed by atoms with Gasteiger partial charge in [0.2, 0.25) is 0 Å². The average Bonchev–Trinajstić information content (AvgIpc) is 2.77. The Kier molecular flexibility index (Phi) is 1.86. The van der Waals surface area contributed by atoms with Gasteiger partial charge in [0.15, 0.2) is 5.65 Å². The molecule has 4 nitrogen and oxygen atoms in total. The van der Waals surface area contributed by atoms with Crippen LogP contribution < -0.4 is 5.73 Å². The second-order valence-corrected chi connectivity index (χ2v) is 3.53. The zero-order chi connectivity index (χ0) is 11.0. The molecule has 16 heavy (non-hydrogen) atoms. The van der Waals surface area contributed by atoms with E-state index in [1.54, 1.807) is 10.7 Å². The predicted octanol–water partition coefficient (Wildman–Crippen LogP) is 1.98. The molecule has 0 saturated carbocycles. The van der Waals surface area contributed by atoms with Gasteiger partial charge in [0, 0.05) is 17.7 Å². The third kappa shape index (κ3) is 1.32. The van der Waals surface area contributed by atoms with Gasteiger partial charge < -0.3 is 5.73 Å². The van der Waals surface area contributed by atoms with E-state index in [1.807, 2.05) is 42.5 Å². The molecular formula is C12H10N4. The lowest BCUT2D eigenvalue weighted by atomic mass is 10.1. The van der Waals surface area contributed by atoms with Crippen LogP contribution in [-0.2, 0) is 0 Å². The second-order valence-electron chi connectivity index (χ2n) is 3.53. The summed E-state index contributed by atoms with van der Waals surface area (Å²) in [5.41, 5.74) is 8.56. The van der Waals surface area contributed by atoms with Gasteiger partial charge in [-0.05, 0) is 0 Å². The van der Waals surface area contributed by atoms with E-state index in [4.69, 9.17) is 5.73 Å². The molecular weight excluding hydrogens is 200 g/mol. The SMILES string of the molecule is Nc1cc(-c2ccccc2)n2nccc2n1. The first-order valence-electron chi connectivity index (χ1n) is 5.00. The third-order valence-corrected chi connectivity index (χ3v) is 2.45. The van der Waals surface area contributed by atoms with E-state index < -0.39 is 0 Å². The number of rotatable bonds is 1. The number of nitrogens with zero attached hydrogens (tertiary/aromatic N) is 3. The molecule has 0 aliphatic carbocycles. The summed E-state index contributed by atoms with van der Waals surface area (Å²) in [6.45, 7) is 0. The van der Waals surface area contributed by atoms with Gasteiger partial charge in [0.1, 0.15) is 5.82 Å². The van der Waals surface area contributed by atoms with Crippen LogP contribution in [0, 0.1) is 0 Å². The fourth-order valence-corrected chi connectivity index (χ4v) is 1.75. The van der Waals surface area contributed by atoms with Crippen molar-refractivity contribution in [2.45, 2.75) is 0 Å². The molecule has 2 aromatic heterocycles. The Labute approximate surface area is 92.4 Å². The summed E-state index contributed by atoms with van der Waals surface area (Å²) in [7, 11) is 0. The van der Waals surface area contributed by atoms with Crippen molar-refractivity contribution in [2.75, 3.05) is 5.73 Å². The van der Waals surface area contributed by atoms with Crippen molar-refractivity contribution < 1.29 is 0 Å². The number of anilines is 1. The number of nitrogens with two attached hydrogens (primary N) is 1. The van der Waals surface area contributed by atoms with Crippen molar-refractivity contribution in [3.05, 3.63) is 48.7 Å². The van der Waals surface area contributed by atoms with E-state index >= 15 is 0 Å². The summed E-state index contributed by atoms with van der Waals surface area (Å²) >= 11 is 0. The van der Waals surface area contributed by atoms with Gasteiger partial charge in [0.05, 0.1) is 11.9 Å². The molecule has 2 heterocycles. The molecule has 0 bridgehead atoms. The molecule has 0 unspecified atom stereocenters. The van der Waals surface area contributed by atoms with Crippen LogP contribution in [-0.4, -0.2) is 14.6 Å². The molecule has 0 atom stereocenters. The fraction of sp³-hybridized carbons (Fsp3) is 0. The van der Waals surface area contributed by atoms with Gasteiger partial charge in [-0.2, -0.15) is 5.10 Å². The largest absolute Gasteiger partial charge is 0.384 e. The highest BCUT2D eigenvalue weighted by molar-refractivity contribution is 5.65. The molecule has 3 aromatic rings. The monoisotopic (exact) mass is 210 g/mol. The first-order chi connectivity index (χ1) is 7.84. The maximum absolute atomic E-state index is 5.77. The maximum Gasteiger partial charge on any atom is 0.158 e. The number of hydrogen-bond donors (Lipinski definition) is 1. The van der Waals surface area contributed by atoms with Crippen LogP contribution in [0.1, 0.15) is 0 Å². The average molecular weight is 210 g/mol. The third-order valence-electron chi connectivity index (χ3n) is 2.45. The number of hydrogen-bond acceptors (Lipinski definition) is 3. The molecule has 0 amide bonds. The molecule has 1 aromatic carbocycles. The molecule has 78 valence electrons. The van der Waals surface area contributed by atoms with Crippen molar-refractivity contribution in [3.8, 4) is 11.3 Å². The summed E-state index contributed by atoms with van der Waals surface area (Å²) in [6, 6.07) is 13.7. The second kappa shape index (κ2) is 3.34. The molecule has 0 fully saturated rings. The van der Waals surface area contributed by atoms with Crippen LogP contribution >= 0.6 is 0 Å².